The first kappa shape index (κ1) is 18.2. The quantitative estimate of drug-likeness (QED) is 0.841. The van der Waals surface area contributed by atoms with E-state index in [0.29, 0.717) is 5.75 Å². The molecule has 132 valence electrons. The number of carbonyl (C=O) groups is 1. The van der Waals surface area contributed by atoms with Crippen molar-refractivity contribution in [1.82, 2.24) is 9.97 Å². The number of hydrogen-bond donors (Lipinski definition) is 1. The van der Waals surface area contributed by atoms with Crippen molar-refractivity contribution in [3.63, 3.8) is 0 Å². The molecule has 7 heteroatoms. The molecule has 25 heavy (non-hydrogen) atoms. The summed E-state index contributed by atoms with van der Waals surface area (Å²) in [4.78, 5) is 19.0. The summed E-state index contributed by atoms with van der Waals surface area (Å²) in [6.45, 7) is 9.67. The number of aromatic amines is 1. The molecule has 0 aliphatic carbocycles. The number of rotatable bonds is 4. The van der Waals surface area contributed by atoms with Crippen LogP contribution in [0.5, 0.6) is 0 Å². The van der Waals surface area contributed by atoms with Gasteiger partial charge in [-0.3, -0.25) is 4.79 Å². The minimum absolute atomic E-state index is 0.0698. The van der Waals surface area contributed by atoms with Gasteiger partial charge in [-0.1, -0.05) is 30.0 Å². The highest BCUT2D eigenvalue weighted by Crippen LogP contribution is 2.39. The maximum Gasteiger partial charge on any atom is 0.491 e. The average molecular weight is 358 g/mol. The third-order valence-electron chi connectivity index (χ3n) is 4.82. The summed E-state index contributed by atoms with van der Waals surface area (Å²) in [6.07, 6.45) is 3.71. The van der Waals surface area contributed by atoms with Crippen molar-refractivity contribution in [1.29, 1.82) is 0 Å². The highest BCUT2D eigenvalue weighted by atomic mass is 32.2. The van der Waals surface area contributed by atoms with E-state index in [2.05, 4.69) is 9.97 Å². The second kappa shape index (κ2) is 6.63. The van der Waals surface area contributed by atoms with Crippen molar-refractivity contribution in [2.24, 2.45) is 0 Å². The van der Waals surface area contributed by atoms with Gasteiger partial charge in [0.05, 0.1) is 28.6 Å². The summed E-state index contributed by atoms with van der Waals surface area (Å²) < 4.78 is 12.4. The molecular weight excluding hydrogens is 335 g/mol. The fourth-order valence-corrected chi connectivity index (χ4v) is 3.25. The number of imidazole rings is 1. The van der Waals surface area contributed by atoms with Gasteiger partial charge in [-0.15, -0.1) is 0 Å². The molecule has 1 aliphatic rings. The van der Waals surface area contributed by atoms with Gasteiger partial charge in [0.15, 0.2) is 5.12 Å². The van der Waals surface area contributed by atoms with Crippen LogP contribution < -0.4 is 0 Å². The lowest BCUT2D eigenvalue weighted by Crippen LogP contribution is -2.41. The maximum atomic E-state index is 11.5. The van der Waals surface area contributed by atoms with Crippen LogP contribution in [-0.2, 0) is 14.1 Å². The number of carbonyl (C=O) groups excluding carboxylic acids is 1. The zero-order valence-electron chi connectivity index (χ0n) is 15.3. The number of H-pyrrole nitrogens is 1. The molecule has 1 aromatic carbocycles. The topological polar surface area (TPSA) is 64.2 Å². The van der Waals surface area contributed by atoms with Gasteiger partial charge >= 0.3 is 7.12 Å². The van der Waals surface area contributed by atoms with Crippen molar-refractivity contribution in [3.8, 4) is 0 Å². The van der Waals surface area contributed by atoms with E-state index in [9.17, 15) is 4.79 Å². The first-order chi connectivity index (χ1) is 11.7. The zero-order valence-corrected chi connectivity index (χ0v) is 16.1. The third-order valence-corrected chi connectivity index (χ3v) is 5.70. The van der Waals surface area contributed by atoms with Crippen molar-refractivity contribution < 1.29 is 14.1 Å². The molecule has 0 saturated carbocycles. The lowest BCUT2D eigenvalue weighted by molar-refractivity contribution is -0.109. The summed E-state index contributed by atoms with van der Waals surface area (Å²) in [5.74, 6) is 0.521. The van der Waals surface area contributed by atoms with Crippen LogP contribution in [0, 0.1) is 0 Å². The first-order valence-electron chi connectivity index (χ1n) is 8.31. The predicted molar refractivity (Wildman–Crippen MR) is 103 cm³/mol. The fourth-order valence-electron chi connectivity index (χ4n) is 2.66. The minimum Gasteiger partial charge on any atom is -0.400 e. The third kappa shape index (κ3) is 3.68. The minimum atomic E-state index is -0.481. The van der Waals surface area contributed by atoms with Crippen LogP contribution in [0.1, 0.15) is 40.2 Å². The van der Waals surface area contributed by atoms with Gasteiger partial charge in [0.1, 0.15) is 0 Å². The van der Waals surface area contributed by atoms with Gasteiger partial charge in [0, 0.05) is 18.2 Å². The number of hydrogen-bond acceptors (Lipinski definition) is 5. The number of aromatic nitrogens is 2. The molecular formula is C18H23BN2O3S. The number of thioether (sulfide) groups is 1. The largest absolute Gasteiger partial charge is 0.491 e. The lowest BCUT2D eigenvalue weighted by atomic mass is 9.78. The number of benzene rings is 1. The Labute approximate surface area is 152 Å². The fraction of sp³-hybridized carbons (Fsp3) is 0.444. The Morgan fingerprint density at radius 1 is 1.28 bits per heavy atom. The lowest BCUT2D eigenvalue weighted by Gasteiger charge is -2.32. The summed E-state index contributed by atoms with van der Waals surface area (Å²) in [5, 5.41) is 0.0698. The molecule has 0 bridgehead atoms. The summed E-state index contributed by atoms with van der Waals surface area (Å²) >= 11 is 1.26. The average Bonchev–Trinajstić information content (AvgIpc) is 3.06. The van der Waals surface area contributed by atoms with Gasteiger partial charge in [-0.25, -0.2) is 4.98 Å². The van der Waals surface area contributed by atoms with Crippen LogP contribution in [0.25, 0.3) is 17.1 Å². The maximum absolute atomic E-state index is 11.5. The van der Waals surface area contributed by atoms with Gasteiger partial charge in [0.2, 0.25) is 0 Å². The molecule has 0 unspecified atom stereocenters. The smallest absolute Gasteiger partial charge is 0.400 e. The molecule has 0 amide bonds. The summed E-state index contributed by atoms with van der Waals surface area (Å²) in [5.41, 5.74) is 2.93. The summed E-state index contributed by atoms with van der Waals surface area (Å²) in [7, 11) is -0.481. The van der Waals surface area contributed by atoms with Crippen LogP contribution in [0.2, 0.25) is 0 Å². The molecule has 3 rings (SSSR count). The van der Waals surface area contributed by atoms with Crippen LogP contribution in [0.4, 0.5) is 0 Å². The van der Waals surface area contributed by atoms with Crippen LogP contribution >= 0.6 is 11.8 Å². The van der Waals surface area contributed by atoms with Crippen molar-refractivity contribution in [3.05, 3.63) is 35.6 Å². The van der Waals surface area contributed by atoms with E-state index >= 15 is 0 Å². The van der Waals surface area contributed by atoms with Crippen molar-refractivity contribution >= 4 is 41.1 Å². The van der Waals surface area contributed by atoms with E-state index in [4.69, 9.17) is 9.31 Å². The van der Waals surface area contributed by atoms with E-state index in [-0.39, 0.29) is 5.12 Å². The van der Waals surface area contributed by atoms with E-state index in [1.807, 2.05) is 52.0 Å². The van der Waals surface area contributed by atoms with Gasteiger partial charge < -0.3 is 14.3 Å². The molecule has 1 N–H and O–H groups in total. The Balaban J connectivity index is 1.98. The highest BCUT2D eigenvalue weighted by Gasteiger charge is 2.52. The van der Waals surface area contributed by atoms with Gasteiger partial charge in [-0.2, -0.15) is 0 Å². The second-order valence-electron chi connectivity index (χ2n) is 7.23. The molecule has 1 aromatic heterocycles. The Bertz CT molecular complexity index is 813. The zero-order chi connectivity index (χ0) is 18.2. The van der Waals surface area contributed by atoms with E-state index < -0.39 is 18.3 Å². The van der Waals surface area contributed by atoms with Crippen LogP contribution in [0.15, 0.2) is 30.0 Å². The first-order valence-corrected chi connectivity index (χ1v) is 9.30. The predicted octanol–water partition coefficient (Wildman–Crippen LogP) is 3.86. The molecule has 2 heterocycles. The van der Waals surface area contributed by atoms with Gasteiger partial charge in [-0.05, 0) is 39.2 Å². The monoisotopic (exact) mass is 358 g/mol. The van der Waals surface area contributed by atoms with Crippen molar-refractivity contribution in [2.45, 2.75) is 45.8 Å². The number of para-hydroxylation sites is 1. The summed E-state index contributed by atoms with van der Waals surface area (Å²) in [6, 6.07) is 5.97. The normalized spacial score (nSPS) is 19.6. The van der Waals surface area contributed by atoms with Crippen LogP contribution in [-0.4, -0.2) is 39.2 Å². The van der Waals surface area contributed by atoms with Crippen LogP contribution in [0.3, 0.4) is 0 Å². The number of nitrogens with one attached hydrogen (secondary N) is 1. The highest BCUT2D eigenvalue weighted by molar-refractivity contribution is 8.13. The standard InChI is InChI=1S/C18H23BN2O3S/c1-12(22)25-10-14(19-23-17(2,3)18(4,5)24-19)9-13-7-6-8-15-16(13)21-11-20-15/h6-9,11H,10H2,1-5H3,(H,20,21). The Morgan fingerprint density at radius 2 is 1.96 bits per heavy atom. The molecule has 0 radical (unpaired) electrons. The second-order valence-corrected chi connectivity index (χ2v) is 8.39. The molecule has 1 saturated heterocycles. The molecule has 5 nitrogen and oxygen atoms in total. The molecule has 0 spiro atoms. The Kier molecular flexibility index (Phi) is 4.83. The van der Waals surface area contributed by atoms with E-state index in [1.165, 1.54) is 11.8 Å². The van der Waals surface area contributed by atoms with Gasteiger partial charge in [0.25, 0.3) is 0 Å². The Hall–Kier alpha value is -1.57. The molecule has 2 aromatic rings. The number of nitrogens with zero attached hydrogens (tertiary/aromatic N) is 1. The SMILES string of the molecule is CC(=O)SCC(=Cc1cccc2[nH]cnc12)B1OC(C)(C)C(C)(C)O1. The molecule has 0 atom stereocenters. The molecule has 1 fully saturated rings. The molecule has 1 aliphatic heterocycles. The Morgan fingerprint density at radius 3 is 2.60 bits per heavy atom. The number of fused-ring (bicyclic) bond motifs is 1. The van der Waals surface area contributed by atoms with E-state index in [0.717, 1.165) is 22.1 Å². The van der Waals surface area contributed by atoms with E-state index in [1.54, 1.807) is 13.3 Å². The van der Waals surface area contributed by atoms with Crippen molar-refractivity contribution in [2.75, 3.05) is 5.75 Å².